The number of nitrogens with zero attached hydrogens (tertiary/aromatic N) is 3. The van der Waals surface area contributed by atoms with Crippen molar-refractivity contribution in [2.75, 3.05) is 0 Å². The van der Waals surface area contributed by atoms with Gasteiger partial charge in [0, 0.05) is 11.8 Å². The highest BCUT2D eigenvalue weighted by atomic mass is 35.5. The Bertz CT molecular complexity index is 776. The summed E-state index contributed by atoms with van der Waals surface area (Å²) in [7, 11) is 0. The number of hydrogen-bond acceptors (Lipinski definition) is 4. The summed E-state index contributed by atoms with van der Waals surface area (Å²) in [6.07, 6.45) is -2.46. The first-order valence-electron chi connectivity index (χ1n) is 6.94. The van der Waals surface area contributed by atoms with Gasteiger partial charge in [0.25, 0.3) is 0 Å². The van der Waals surface area contributed by atoms with E-state index in [2.05, 4.69) is 10.1 Å². The molecule has 2 heterocycles. The van der Waals surface area contributed by atoms with E-state index in [-0.39, 0.29) is 21.9 Å². The van der Waals surface area contributed by atoms with Gasteiger partial charge in [-0.05, 0) is 31.6 Å². The summed E-state index contributed by atoms with van der Waals surface area (Å²) in [4.78, 5) is 3.64. The minimum absolute atomic E-state index is 0.0335. The lowest BCUT2D eigenvalue weighted by atomic mass is 10.1. The van der Waals surface area contributed by atoms with Crippen molar-refractivity contribution in [1.82, 2.24) is 14.8 Å². The van der Waals surface area contributed by atoms with E-state index in [4.69, 9.17) is 34.3 Å². The molecule has 0 radical (unpaired) electrons. The van der Waals surface area contributed by atoms with E-state index in [0.29, 0.717) is 18.3 Å². The Labute approximate surface area is 146 Å². The molecule has 24 heavy (non-hydrogen) atoms. The van der Waals surface area contributed by atoms with Gasteiger partial charge >= 0.3 is 6.18 Å². The predicted molar refractivity (Wildman–Crippen MR) is 87.5 cm³/mol. The van der Waals surface area contributed by atoms with Crippen LogP contribution in [0.25, 0.3) is 0 Å². The van der Waals surface area contributed by atoms with Gasteiger partial charge in [0.2, 0.25) is 11.8 Å². The van der Waals surface area contributed by atoms with E-state index in [9.17, 15) is 13.2 Å². The monoisotopic (exact) mass is 378 g/mol. The van der Waals surface area contributed by atoms with Crippen LogP contribution >= 0.6 is 23.8 Å². The zero-order valence-corrected chi connectivity index (χ0v) is 14.4. The molecule has 0 saturated carbocycles. The SMILES string of the molecule is CCCc1c(Oc2ncc(C(F)(F)F)cc2Cl)nn(C(N)=S)c1C. The van der Waals surface area contributed by atoms with Gasteiger partial charge in [-0.15, -0.1) is 5.10 Å². The first kappa shape index (κ1) is 18.5. The number of ether oxygens (including phenoxy) is 1. The quantitative estimate of drug-likeness (QED) is 0.811. The fourth-order valence-electron chi connectivity index (χ4n) is 2.09. The van der Waals surface area contributed by atoms with Gasteiger partial charge in [0.1, 0.15) is 5.02 Å². The second-order valence-corrected chi connectivity index (χ2v) is 5.81. The molecule has 0 spiro atoms. The van der Waals surface area contributed by atoms with Crippen LogP contribution in [0.15, 0.2) is 12.3 Å². The Balaban J connectivity index is 2.41. The molecule has 2 N–H and O–H groups in total. The Morgan fingerprint density at radius 2 is 2.08 bits per heavy atom. The summed E-state index contributed by atoms with van der Waals surface area (Å²) in [5.74, 6) is -0.00841. The van der Waals surface area contributed by atoms with E-state index in [1.165, 1.54) is 4.68 Å². The summed E-state index contributed by atoms with van der Waals surface area (Å²) in [6.45, 7) is 3.73. The Kier molecular flexibility index (Phi) is 5.34. The molecule has 0 aliphatic heterocycles. The maximum absolute atomic E-state index is 12.7. The van der Waals surface area contributed by atoms with Crippen molar-refractivity contribution in [2.45, 2.75) is 32.9 Å². The standard InChI is InChI=1S/C14H14ClF3N4OS/c1-3-4-9-7(2)22(13(19)24)21-11(9)23-12-10(15)5-8(6-20-12)14(16,17)18/h5-6H,3-4H2,1-2H3,(H2,19,24). The van der Waals surface area contributed by atoms with Crippen LogP contribution in [0.1, 0.15) is 30.2 Å². The number of nitrogens with two attached hydrogens (primary N) is 1. The molecule has 0 fully saturated rings. The number of alkyl halides is 3. The summed E-state index contributed by atoms with van der Waals surface area (Å²) in [5.41, 5.74) is 6.07. The van der Waals surface area contributed by atoms with Gasteiger partial charge in [-0.1, -0.05) is 24.9 Å². The van der Waals surface area contributed by atoms with Gasteiger partial charge in [-0.25, -0.2) is 9.67 Å². The zero-order valence-electron chi connectivity index (χ0n) is 12.8. The van der Waals surface area contributed by atoms with Crippen molar-refractivity contribution < 1.29 is 17.9 Å². The molecule has 0 atom stereocenters. The van der Waals surface area contributed by atoms with Gasteiger partial charge < -0.3 is 10.5 Å². The number of rotatable bonds is 4. The van der Waals surface area contributed by atoms with Crippen LogP contribution < -0.4 is 10.5 Å². The third-order valence-corrected chi connectivity index (χ3v) is 3.68. The van der Waals surface area contributed by atoms with Crippen LogP contribution in [0, 0.1) is 6.92 Å². The molecule has 0 aliphatic carbocycles. The highest BCUT2D eigenvalue weighted by Gasteiger charge is 2.32. The lowest BCUT2D eigenvalue weighted by molar-refractivity contribution is -0.137. The van der Waals surface area contributed by atoms with Crippen LogP contribution in [0.2, 0.25) is 5.02 Å². The first-order chi connectivity index (χ1) is 11.1. The van der Waals surface area contributed by atoms with Gasteiger partial charge in [0.05, 0.1) is 11.3 Å². The zero-order chi connectivity index (χ0) is 18.1. The summed E-state index contributed by atoms with van der Waals surface area (Å²) in [5, 5.41) is 3.91. The molecule has 0 bridgehead atoms. The third kappa shape index (κ3) is 3.78. The van der Waals surface area contributed by atoms with Crippen molar-refractivity contribution in [3.8, 4) is 11.8 Å². The number of pyridine rings is 1. The maximum atomic E-state index is 12.7. The number of thiocarbonyl (C=S) groups is 1. The molecule has 2 aromatic heterocycles. The lowest BCUT2D eigenvalue weighted by Gasteiger charge is -2.09. The average Bonchev–Trinajstić information content (AvgIpc) is 2.78. The van der Waals surface area contributed by atoms with Crippen LogP contribution in [0.4, 0.5) is 13.2 Å². The molecule has 0 aromatic carbocycles. The summed E-state index contributed by atoms with van der Waals surface area (Å²) >= 11 is 10.8. The number of aromatic nitrogens is 3. The molecule has 2 aromatic rings. The number of hydrogen-bond donors (Lipinski definition) is 1. The number of halogens is 4. The highest BCUT2D eigenvalue weighted by molar-refractivity contribution is 7.80. The molecular formula is C14H14ClF3N4OS. The van der Waals surface area contributed by atoms with Crippen molar-refractivity contribution in [3.05, 3.63) is 34.1 Å². The van der Waals surface area contributed by atoms with Crippen LogP contribution in [-0.2, 0) is 12.6 Å². The van der Waals surface area contributed by atoms with Gasteiger partial charge in [-0.2, -0.15) is 13.2 Å². The lowest BCUT2D eigenvalue weighted by Crippen LogP contribution is -2.21. The van der Waals surface area contributed by atoms with E-state index in [0.717, 1.165) is 18.1 Å². The van der Waals surface area contributed by atoms with E-state index < -0.39 is 11.7 Å². The van der Waals surface area contributed by atoms with E-state index >= 15 is 0 Å². The highest BCUT2D eigenvalue weighted by Crippen LogP contribution is 2.35. The molecule has 0 unspecified atom stereocenters. The van der Waals surface area contributed by atoms with Crippen LogP contribution in [0.5, 0.6) is 11.8 Å². The van der Waals surface area contributed by atoms with Crippen molar-refractivity contribution in [3.63, 3.8) is 0 Å². The second kappa shape index (κ2) is 6.94. The van der Waals surface area contributed by atoms with Crippen LogP contribution in [0.3, 0.4) is 0 Å². The van der Waals surface area contributed by atoms with Crippen molar-refractivity contribution in [1.29, 1.82) is 0 Å². The molecular weight excluding hydrogens is 365 g/mol. The average molecular weight is 379 g/mol. The molecule has 0 aliphatic rings. The third-order valence-electron chi connectivity index (χ3n) is 3.24. The molecule has 130 valence electrons. The van der Waals surface area contributed by atoms with Gasteiger partial charge in [0.15, 0.2) is 5.11 Å². The first-order valence-corrected chi connectivity index (χ1v) is 7.72. The van der Waals surface area contributed by atoms with E-state index in [1.54, 1.807) is 6.92 Å². The summed E-state index contributed by atoms with van der Waals surface area (Å²) < 4.78 is 44.8. The molecule has 0 amide bonds. The molecule has 2 rings (SSSR count). The minimum Gasteiger partial charge on any atom is -0.417 e. The van der Waals surface area contributed by atoms with Crippen LogP contribution in [-0.4, -0.2) is 19.9 Å². The fraction of sp³-hybridized carbons (Fsp3) is 0.357. The Morgan fingerprint density at radius 3 is 2.58 bits per heavy atom. The maximum Gasteiger partial charge on any atom is 0.417 e. The summed E-state index contributed by atoms with van der Waals surface area (Å²) in [6, 6.07) is 0.751. The van der Waals surface area contributed by atoms with Crippen molar-refractivity contribution in [2.24, 2.45) is 5.73 Å². The normalized spacial score (nSPS) is 11.6. The molecule has 0 saturated heterocycles. The molecule has 5 nitrogen and oxygen atoms in total. The van der Waals surface area contributed by atoms with Gasteiger partial charge in [-0.3, -0.25) is 0 Å². The Morgan fingerprint density at radius 1 is 1.42 bits per heavy atom. The second-order valence-electron chi connectivity index (χ2n) is 4.98. The Hall–Kier alpha value is -1.87. The largest absolute Gasteiger partial charge is 0.417 e. The fourth-order valence-corrected chi connectivity index (χ4v) is 2.47. The smallest absolute Gasteiger partial charge is 0.417 e. The van der Waals surface area contributed by atoms with Crippen molar-refractivity contribution >= 4 is 28.9 Å². The molecule has 10 heteroatoms. The minimum atomic E-state index is -4.54. The topological polar surface area (TPSA) is 66.0 Å². The van der Waals surface area contributed by atoms with E-state index in [1.807, 2.05) is 6.92 Å². The predicted octanol–water partition coefficient (Wildman–Crippen LogP) is 4.10.